The molecule has 0 radical (unpaired) electrons. The number of methoxy groups -OCH3 is 1. The Kier molecular flexibility index (Phi) is 4.42. The van der Waals surface area contributed by atoms with Crippen LogP contribution in [-0.4, -0.2) is 13.1 Å². The van der Waals surface area contributed by atoms with E-state index in [1.165, 1.54) is 13.2 Å². The van der Waals surface area contributed by atoms with Gasteiger partial charge in [0.05, 0.1) is 12.7 Å². The van der Waals surface area contributed by atoms with Crippen LogP contribution in [0.5, 0.6) is 11.5 Å². The Hall–Kier alpha value is -2.56. The molecule has 110 valence electrons. The average molecular weight is 289 g/mol. The van der Waals surface area contributed by atoms with E-state index in [1.807, 2.05) is 19.1 Å². The molecule has 0 aliphatic heterocycles. The van der Waals surface area contributed by atoms with Crippen LogP contribution in [0, 0.1) is 5.82 Å². The van der Waals surface area contributed by atoms with Gasteiger partial charge in [0.2, 0.25) is 0 Å². The molecule has 4 nitrogen and oxygen atoms in total. The fraction of sp³-hybridized carbons (Fsp3) is 0.188. The highest BCUT2D eigenvalue weighted by molar-refractivity contribution is 5.95. The predicted octanol–water partition coefficient (Wildman–Crippen LogP) is 3.55. The molecule has 0 fully saturated rings. The number of carbonyl (C=O) groups is 1. The Balaban J connectivity index is 2.42. The molecule has 0 amide bonds. The number of hydrogen-bond donors (Lipinski definition) is 1. The highest BCUT2D eigenvalue weighted by Crippen LogP contribution is 2.31. The topological polar surface area (TPSA) is 61.5 Å². The first-order valence-corrected chi connectivity index (χ1v) is 6.50. The molecule has 2 rings (SSSR count). The number of benzene rings is 2. The molecule has 0 saturated carbocycles. The van der Waals surface area contributed by atoms with E-state index in [1.54, 1.807) is 12.1 Å². The van der Waals surface area contributed by atoms with Gasteiger partial charge in [0.15, 0.2) is 11.6 Å². The van der Waals surface area contributed by atoms with Crippen LogP contribution < -0.4 is 10.5 Å². The molecule has 2 aromatic rings. The standard InChI is InChI=1S/C16H16FNO3/c1-3-10-6-4-5-7-14(10)21-15-8-11(16(19)20-2)13(18)9-12(15)17/h4-9H,3,18H2,1-2H3. The largest absolute Gasteiger partial charge is 0.465 e. The van der Waals surface area contributed by atoms with Gasteiger partial charge in [-0.15, -0.1) is 0 Å². The minimum Gasteiger partial charge on any atom is -0.465 e. The highest BCUT2D eigenvalue weighted by atomic mass is 19.1. The maximum atomic E-state index is 14.0. The number of halogens is 1. The summed E-state index contributed by atoms with van der Waals surface area (Å²) >= 11 is 0. The molecule has 0 unspecified atom stereocenters. The number of aryl methyl sites for hydroxylation is 1. The highest BCUT2D eigenvalue weighted by Gasteiger charge is 2.16. The monoisotopic (exact) mass is 289 g/mol. The number of anilines is 1. The van der Waals surface area contributed by atoms with Gasteiger partial charge >= 0.3 is 5.97 Å². The molecule has 0 heterocycles. The third-order valence-corrected chi connectivity index (χ3v) is 3.08. The summed E-state index contributed by atoms with van der Waals surface area (Å²) in [5.74, 6) is -0.794. The summed E-state index contributed by atoms with van der Waals surface area (Å²) in [5, 5.41) is 0. The number of nitrogens with two attached hydrogens (primary N) is 1. The SMILES string of the molecule is CCc1ccccc1Oc1cc(C(=O)OC)c(N)cc1F. The molecule has 2 aromatic carbocycles. The van der Waals surface area contributed by atoms with E-state index >= 15 is 0 Å². The summed E-state index contributed by atoms with van der Waals surface area (Å²) in [4.78, 5) is 11.6. The fourth-order valence-corrected chi connectivity index (χ4v) is 1.95. The quantitative estimate of drug-likeness (QED) is 0.690. The average Bonchev–Trinajstić information content (AvgIpc) is 2.49. The summed E-state index contributed by atoms with van der Waals surface area (Å²) in [6.07, 6.45) is 0.747. The van der Waals surface area contributed by atoms with Gasteiger partial charge in [-0.3, -0.25) is 0 Å². The van der Waals surface area contributed by atoms with Crippen molar-refractivity contribution >= 4 is 11.7 Å². The molecule has 2 N–H and O–H groups in total. The Bertz CT molecular complexity index is 671. The second-order valence-electron chi connectivity index (χ2n) is 4.42. The normalized spacial score (nSPS) is 10.2. The molecule has 0 bridgehead atoms. The number of rotatable bonds is 4. The van der Waals surface area contributed by atoms with E-state index in [4.69, 9.17) is 10.5 Å². The van der Waals surface area contributed by atoms with E-state index in [0.717, 1.165) is 18.1 Å². The van der Waals surface area contributed by atoms with E-state index in [-0.39, 0.29) is 17.0 Å². The van der Waals surface area contributed by atoms with Crippen LogP contribution in [0.4, 0.5) is 10.1 Å². The van der Waals surface area contributed by atoms with Gasteiger partial charge in [0.1, 0.15) is 5.75 Å². The fourth-order valence-electron chi connectivity index (χ4n) is 1.95. The zero-order chi connectivity index (χ0) is 15.4. The summed E-state index contributed by atoms with van der Waals surface area (Å²) in [6, 6.07) is 9.62. The summed E-state index contributed by atoms with van der Waals surface area (Å²) < 4.78 is 24.2. The number of esters is 1. The van der Waals surface area contributed by atoms with E-state index < -0.39 is 11.8 Å². The van der Waals surface area contributed by atoms with Gasteiger partial charge in [0, 0.05) is 17.8 Å². The lowest BCUT2D eigenvalue weighted by Gasteiger charge is -2.12. The lowest BCUT2D eigenvalue weighted by atomic mass is 10.1. The summed E-state index contributed by atoms with van der Waals surface area (Å²) in [5.41, 5.74) is 6.64. The van der Waals surface area contributed by atoms with Crippen molar-refractivity contribution in [1.82, 2.24) is 0 Å². The van der Waals surface area contributed by atoms with Crippen molar-refractivity contribution in [1.29, 1.82) is 0 Å². The van der Waals surface area contributed by atoms with Crippen LogP contribution in [-0.2, 0) is 11.2 Å². The predicted molar refractivity (Wildman–Crippen MR) is 78.0 cm³/mol. The Morgan fingerprint density at radius 2 is 1.95 bits per heavy atom. The van der Waals surface area contributed by atoms with Crippen molar-refractivity contribution < 1.29 is 18.7 Å². The van der Waals surface area contributed by atoms with E-state index in [9.17, 15) is 9.18 Å². The van der Waals surface area contributed by atoms with Crippen LogP contribution in [0.1, 0.15) is 22.8 Å². The molecule has 0 atom stereocenters. The summed E-state index contributed by atoms with van der Waals surface area (Å²) in [6.45, 7) is 1.97. The molecular formula is C16H16FNO3. The van der Waals surface area contributed by atoms with Crippen molar-refractivity contribution in [3.8, 4) is 11.5 Å². The van der Waals surface area contributed by atoms with Gasteiger partial charge < -0.3 is 15.2 Å². The maximum absolute atomic E-state index is 14.0. The van der Waals surface area contributed by atoms with Crippen LogP contribution in [0.3, 0.4) is 0 Å². The van der Waals surface area contributed by atoms with Crippen molar-refractivity contribution in [2.45, 2.75) is 13.3 Å². The van der Waals surface area contributed by atoms with E-state index in [2.05, 4.69) is 4.74 Å². The van der Waals surface area contributed by atoms with Crippen LogP contribution in [0.2, 0.25) is 0 Å². The minimum atomic E-state index is -0.638. The van der Waals surface area contributed by atoms with Gasteiger partial charge in [0.25, 0.3) is 0 Å². The van der Waals surface area contributed by atoms with Crippen molar-refractivity contribution in [2.75, 3.05) is 12.8 Å². The number of nitrogen functional groups attached to an aromatic ring is 1. The lowest BCUT2D eigenvalue weighted by Crippen LogP contribution is -2.07. The first-order valence-electron chi connectivity index (χ1n) is 6.50. The Labute approximate surface area is 122 Å². The van der Waals surface area contributed by atoms with Crippen molar-refractivity contribution in [3.05, 3.63) is 53.3 Å². The zero-order valence-electron chi connectivity index (χ0n) is 11.9. The summed E-state index contributed by atoms with van der Waals surface area (Å²) in [7, 11) is 1.23. The molecule has 0 saturated heterocycles. The Morgan fingerprint density at radius 3 is 2.62 bits per heavy atom. The second kappa shape index (κ2) is 6.26. The molecule has 0 spiro atoms. The maximum Gasteiger partial charge on any atom is 0.340 e. The van der Waals surface area contributed by atoms with Crippen LogP contribution in [0.25, 0.3) is 0 Å². The molecule has 0 aliphatic rings. The number of para-hydroxylation sites is 1. The van der Waals surface area contributed by atoms with Crippen LogP contribution >= 0.6 is 0 Å². The van der Waals surface area contributed by atoms with Crippen molar-refractivity contribution in [3.63, 3.8) is 0 Å². The van der Waals surface area contributed by atoms with Gasteiger partial charge in [-0.05, 0) is 18.1 Å². The van der Waals surface area contributed by atoms with Crippen LogP contribution in [0.15, 0.2) is 36.4 Å². The molecule has 5 heteroatoms. The third kappa shape index (κ3) is 3.13. The molecule has 0 aliphatic carbocycles. The molecule has 21 heavy (non-hydrogen) atoms. The molecule has 0 aromatic heterocycles. The lowest BCUT2D eigenvalue weighted by molar-refractivity contribution is 0.0601. The smallest absolute Gasteiger partial charge is 0.340 e. The zero-order valence-corrected chi connectivity index (χ0v) is 11.9. The van der Waals surface area contributed by atoms with Crippen molar-refractivity contribution in [2.24, 2.45) is 0 Å². The van der Waals surface area contributed by atoms with Gasteiger partial charge in [-0.2, -0.15) is 0 Å². The first-order chi connectivity index (χ1) is 10.1. The van der Waals surface area contributed by atoms with Gasteiger partial charge in [-0.1, -0.05) is 25.1 Å². The third-order valence-electron chi connectivity index (χ3n) is 3.08. The number of carbonyl (C=O) groups excluding carboxylic acids is 1. The number of ether oxygens (including phenoxy) is 2. The van der Waals surface area contributed by atoms with Gasteiger partial charge in [-0.25, -0.2) is 9.18 Å². The first kappa shape index (κ1) is 14.8. The minimum absolute atomic E-state index is 0.00970. The Morgan fingerprint density at radius 1 is 1.24 bits per heavy atom. The second-order valence-corrected chi connectivity index (χ2v) is 4.42. The van der Waals surface area contributed by atoms with E-state index in [0.29, 0.717) is 5.75 Å². The molecular weight excluding hydrogens is 273 g/mol. The number of hydrogen-bond acceptors (Lipinski definition) is 4.